The van der Waals surface area contributed by atoms with E-state index in [0.29, 0.717) is 5.92 Å². The second-order valence-electron chi connectivity index (χ2n) is 15.0. The molecule has 0 atom stereocenters. The molecule has 1 aromatic heterocycles. The molecule has 0 radical (unpaired) electrons. The maximum Gasteiger partial charge on any atom is 0.136 e. The molecule has 11 rings (SSSR count). The second-order valence-corrected chi connectivity index (χ2v) is 15.0. The van der Waals surface area contributed by atoms with Gasteiger partial charge in [0.15, 0.2) is 0 Å². The van der Waals surface area contributed by atoms with Gasteiger partial charge in [-0.05, 0) is 129 Å². The van der Waals surface area contributed by atoms with Crippen LogP contribution < -0.4 is 0 Å². The van der Waals surface area contributed by atoms with E-state index in [1.165, 1.54) is 98.2 Å². The zero-order chi connectivity index (χ0) is 35.9. The zero-order valence-electron chi connectivity index (χ0n) is 30.2. The number of furan rings is 1. The fourth-order valence-corrected chi connectivity index (χ4v) is 9.00. The summed E-state index contributed by atoms with van der Waals surface area (Å²) in [6.07, 6.45) is 0. The molecule has 0 unspecified atom stereocenters. The highest BCUT2D eigenvalue weighted by Gasteiger charge is 2.21. The Morgan fingerprint density at radius 2 is 0.907 bits per heavy atom. The number of hydrogen-bond acceptors (Lipinski definition) is 1. The Morgan fingerprint density at radius 1 is 0.333 bits per heavy atom. The average Bonchev–Trinajstić information content (AvgIpc) is 3.60. The first-order valence-electron chi connectivity index (χ1n) is 18.9. The van der Waals surface area contributed by atoms with Crippen LogP contribution in [0.15, 0.2) is 180 Å². The molecule has 11 aromatic rings. The van der Waals surface area contributed by atoms with E-state index in [0.717, 1.165) is 16.6 Å². The molecule has 1 nitrogen and oxygen atoms in total. The number of hydrogen-bond donors (Lipinski definition) is 0. The van der Waals surface area contributed by atoms with Crippen LogP contribution in [0.3, 0.4) is 0 Å². The summed E-state index contributed by atoms with van der Waals surface area (Å²) >= 11 is 0. The molecule has 1 heteroatoms. The first-order valence-corrected chi connectivity index (χ1v) is 18.9. The Hall–Kier alpha value is -6.70. The Kier molecular flexibility index (Phi) is 6.81. The fourth-order valence-electron chi connectivity index (χ4n) is 9.00. The van der Waals surface area contributed by atoms with Crippen LogP contribution >= 0.6 is 0 Å². The van der Waals surface area contributed by atoms with Crippen molar-refractivity contribution in [2.75, 3.05) is 0 Å². The predicted octanol–water partition coefficient (Wildman–Crippen LogP) is 15.5. The number of benzene rings is 10. The highest BCUT2D eigenvalue weighted by Crippen LogP contribution is 2.49. The molecule has 0 aliphatic rings. The topological polar surface area (TPSA) is 13.1 Å². The smallest absolute Gasteiger partial charge is 0.136 e. The van der Waals surface area contributed by atoms with E-state index >= 15 is 0 Å². The van der Waals surface area contributed by atoms with Crippen molar-refractivity contribution in [2.24, 2.45) is 0 Å². The third-order valence-corrected chi connectivity index (χ3v) is 11.6. The zero-order valence-corrected chi connectivity index (χ0v) is 30.2. The van der Waals surface area contributed by atoms with Gasteiger partial charge >= 0.3 is 0 Å². The van der Waals surface area contributed by atoms with Gasteiger partial charge in [-0.25, -0.2) is 0 Å². The molecule has 0 bridgehead atoms. The van der Waals surface area contributed by atoms with E-state index in [9.17, 15) is 0 Å². The minimum atomic E-state index is 0.473. The summed E-state index contributed by atoms with van der Waals surface area (Å²) in [6.45, 7) is 4.51. The van der Waals surface area contributed by atoms with Crippen LogP contribution in [0.4, 0.5) is 0 Å². The van der Waals surface area contributed by atoms with Gasteiger partial charge in [-0.15, -0.1) is 0 Å². The van der Waals surface area contributed by atoms with Crippen LogP contribution in [0.5, 0.6) is 0 Å². The van der Waals surface area contributed by atoms with Gasteiger partial charge in [0.1, 0.15) is 11.2 Å². The summed E-state index contributed by atoms with van der Waals surface area (Å²) in [5, 5.41) is 14.8. The van der Waals surface area contributed by atoms with E-state index in [2.05, 4.69) is 190 Å². The van der Waals surface area contributed by atoms with Crippen molar-refractivity contribution in [1.82, 2.24) is 0 Å². The summed E-state index contributed by atoms with van der Waals surface area (Å²) in [5.74, 6) is 0.473. The quantitative estimate of drug-likeness (QED) is 0.168. The first-order chi connectivity index (χ1) is 26.6. The Morgan fingerprint density at radius 3 is 1.65 bits per heavy atom. The van der Waals surface area contributed by atoms with Crippen molar-refractivity contribution in [3.63, 3.8) is 0 Å². The van der Waals surface area contributed by atoms with Crippen molar-refractivity contribution >= 4 is 75.8 Å². The van der Waals surface area contributed by atoms with Gasteiger partial charge in [-0.3, -0.25) is 0 Å². The van der Waals surface area contributed by atoms with E-state index in [4.69, 9.17) is 4.42 Å². The van der Waals surface area contributed by atoms with Crippen LogP contribution in [-0.4, -0.2) is 0 Å². The monoisotopic (exact) mass is 688 g/mol. The molecule has 0 aliphatic carbocycles. The summed E-state index contributed by atoms with van der Waals surface area (Å²) in [6, 6.07) is 64.9. The van der Waals surface area contributed by atoms with Gasteiger partial charge in [0.25, 0.3) is 0 Å². The molecule has 0 aliphatic heterocycles. The molecular weight excluding hydrogens is 653 g/mol. The maximum atomic E-state index is 6.50. The van der Waals surface area contributed by atoms with E-state index < -0.39 is 0 Å². The standard InChI is InChI=1S/C53H36O/c1-32(2)34-20-24-41-37(28-34)22-27-49-51(41)47-31-38(23-26-48(47)54-49)50-43-16-8-10-18-45(43)53(46-19-11-9-17-44(46)50)52-40-15-7-6-14-36(40)30-39-29-35(21-25-42(39)52)33-12-4-3-5-13-33/h3-32H,1-2H3. The van der Waals surface area contributed by atoms with Crippen molar-refractivity contribution in [2.45, 2.75) is 19.8 Å². The predicted molar refractivity (Wildman–Crippen MR) is 232 cm³/mol. The number of rotatable bonds is 4. The van der Waals surface area contributed by atoms with Gasteiger partial charge in [-0.1, -0.05) is 159 Å². The Balaban J connectivity index is 1.21. The summed E-state index contributed by atoms with van der Waals surface area (Å²) in [7, 11) is 0. The molecule has 1 heterocycles. The number of fused-ring (bicyclic) bond motifs is 9. The SMILES string of the molecule is CC(C)c1ccc2c(ccc3oc4ccc(-c5c6ccccc6c(-c6c7ccccc7cc7cc(-c8ccccc8)ccc67)c6ccccc56)cc4c32)c1. The molecule has 0 fully saturated rings. The van der Waals surface area contributed by atoms with Gasteiger partial charge in [0, 0.05) is 10.8 Å². The van der Waals surface area contributed by atoms with Crippen LogP contribution in [0, 0.1) is 0 Å². The Bertz CT molecular complexity index is 3230. The van der Waals surface area contributed by atoms with Crippen molar-refractivity contribution in [1.29, 1.82) is 0 Å². The third-order valence-electron chi connectivity index (χ3n) is 11.6. The molecule has 10 aromatic carbocycles. The molecule has 0 amide bonds. The van der Waals surface area contributed by atoms with Crippen molar-refractivity contribution in [3.05, 3.63) is 181 Å². The van der Waals surface area contributed by atoms with E-state index in [1.54, 1.807) is 0 Å². The van der Waals surface area contributed by atoms with Gasteiger partial charge in [-0.2, -0.15) is 0 Å². The highest BCUT2D eigenvalue weighted by atomic mass is 16.3. The van der Waals surface area contributed by atoms with Crippen molar-refractivity contribution < 1.29 is 4.42 Å². The van der Waals surface area contributed by atoms with E-state index in [-0.39, 0.29) is 0 Å². The van der Waals surface area contributed by atoms with Crippen LogP contribution in [-0.2, 0) is 0 Å². The highest BCUT2D eigenvalue weighted by molar-refractivity contribution is 6.28. The molecule has 54 heavy (non-hydrogen) atoms. The van der Waals surface area contributed by atoms with Crippen LogP contribution in [0.1, 0.15) is 25.3 Å². The summed E-state index contributed by atoms with van der Waals surface area (Å²) in [4.78, 5) is 0. The molecule has 0 spiro atoms. The lowest BCUT2D eigenvalue weighted by molar-refractivity contribution is 0.669. The van der Waals surface area contributed by atoms with Crippen molar-refractivity contribution in [3.8, 4) is 33.4 Å². The lowest BCUT2D eigenvalue weighted by atomic mass is 9.82. The molecule has 254 valence electrons. The minimum Gasteiger partial charge on any atom is -0.456 e. The van der Waals surface area contributed by atoms with Gasteiger partial charge < -0.3 is 4.42 Å². The first kappa shape index (κ1) is 30.9. The Labute approximate surface area is 313 Å². The van der Waals surface area contributed by atoms with Crippen LogP contribution in [0.25, 0.3) is 109 Å². The van der Waals surface area contributed by atoms with Gasteiger partial charge in [0.05, 0.1) is 0 Å². The molecular formula is C53H36O. The van der Waals surface area contributed by atoms with Gasteiger partial charge in [0.2, 0.25) is 0 Å². The maximum absolute atomic E-state index is 6.50. The normalized spacial score (nSPS) is 12.1. The fraction of sp³-hybridized carbons (Fsp3) is 0.0566. The average molecular weight is 689 g/mol. The molecule has 0 saturated carbocycles. The lowest BCUT2D eigenvalue weighted by Gasteiger charge is -2.20. The largest absolute Gasteiger partial charge is 0.456 e. The summed E-state index contributed by atoms with van der Waals surface area (Å²) in [5.41, 5.74) is 10.6. The second kappa shape index (κ2) is 11.9. The summed E-state index contributed by atoms with van der Waals surface area (Å²) < 4.78 is 6.50. The van der Waals surface area contributed by atoms with Crippen LogP contribution in [0.2, 0.25) is 0 Å². The molecule has 0 saturated heterocycles. The molecule has 0 N–H and O–H groups in total. The third kappa shape index (κ3) is 4.65. The minimum absolute atomic E-state index is 0.473. The lowest BCUT2D eigenvalue weighted by Crippen LogP contribution is -1.93. The van der Waals surface area contributed by atoms with E-state index in [1.807, 2.05) is 0 Å².